The summed E-state index contributed by atoms with van der Waals surface area (Å²) in [6.45, 7) is 5.25. The number of nitrogens with one attached hydrogen (secondary N) is 1. The van der Waals surface area contributed by atoms with Gasteiger partial charge in [-0.15, -0.1) is 22.7 Å². The van der Waals surface area contributed by atoms with Crippen LogP contribution in [0.15, 0.2) is 33.9 Å². The molecular formula is C14H20N2O2S3. The summed E-state index contributed by atoms with van der Waals surface area (Å²) in [4.78, 5) is 2.46. The summed E-state index contributed by atoms with van der Waals surface area (Å²) < 4.78 is 26.5. The lowest BCUT2D eigenvalue weighted by molar-refractivity contribution is 0.470. The van der Waals surface area contributed by atoms with E-state index < -0.39 is 10.0 Å². The van der Waals surface area contributed by atoms with Gasteiger partial charge in [0.1, 0.15) is 0 Å². The highest BCUT2D eigenvalue weighted by Crippen LogP contribution is 2.24. The molecule has 0 radical (unpaired) electrons. The molecule has 0 unspecified atom stereocenters. The lowest BCUT2D eigenvalue weighted by Crippen LogP contribution is -2.25. The molecular weight excluding hydrogens is 324 g/mol. The zero-order valence-electron chi connectivity index (χ0n) is 12.4. The average Bonchev–Trinajstić information content (AvgIpc) is 3.07. The third-order valence-corrected chi connectivity index (χ3v) is 6.71. The predicted octanol–water partition coefficient (Wildman–Crippen LogP) is 3.13. The van der Waals surface area contributed by atoms with Gasteiger partial charge in [-0.2, -0.15) is 4.31 Å². The van der Waals surface area contributed by atoms with Crippen LogP contribution in [0.4, 0.5) is 0 Å². The van der Waals surface area contributed by atoms with Gasteiger partial charge < -0.3 is 5.32 Å². The topological polar surface area (TPSA) is 49.4 Å². The second-order valence-electron chi connectivity index (χ2n) is 5.12. The third-order valence-electron chi connectivity index (χ3n) is 2.98. The van der Waals surface area contributed by atoms with Crippen LogP contribution in [0.5, 0.6) is 0 Å². The largest absolute Gasteiger partial charge is 0.310 e. The Balaban J connectivity index is 2.08. The Morgan fingerprint density at radius 1 is 1.29 bits per heavy atom. The van der Waals surface area contributed by atoms with Crippen LogP contribution >= 0.6 is 22.7 Å². The van der Waals surface area contributed by atoms with Gasteiger partial charge in [0.25, 0.3) is 0 Å². The van der Waals surface area contributed by atoms with Crippen molar-refractivity contribution in [3.05, 3.63) is 38.7 Å². The van der Waals surface area contributed by atoms with E-state index in [4.69, 9.17) is 0 Å². The first-order valence-electron chi connectivity index (χ1n) is 6.69. The van der Waals surface area contributed by atoms with Crippen molar-refractivity contribution < 1.29 is 8.42 Å². The first-order valence-corrected chi connectivity index (χ1v) is 9.89. The molecule has 0 aliphatic heterocycles. The third kappa shape index (κ3) is 4.37. The normalized spacial score (nSPS) is 12.4. The molecule has 2 rings (SSSR count). The summed E-state index contributed by atoms with van der Waals surface area (Å²) in [5.74, 6) is 0. The van der Waals surface area contributed by atoms with E-state index in [-0.39, 0.29) is 0 Å². The van der Waals surface area contributed by atoms with Crippen LogP contribution in [0.25, 0.3) is 0 Å². The molecule has 2 aromatic rings. The molecule has 2 aromatic heterocycles. The minimum Gasteiger partial charge on any atom is -0.310 e. The van der Waals surface area contributed by atoms with Crippen molar-refractivity contribution in [3.63, 3.8) is 0 Å². The van der Waals surface area contributed by atoms with Crippen LogP contribution in [0.1, 0.15) is 23.6 Å². The van der Waals surface area contributed by atoms with Crippen LogP contribution < -0.4 is 5.32 Å². The monoisotopic (exact) mass is 344 g/mol. The van der Waals surface area contributed by atoms with Gasteiger partial charge in [-0.05, 0) is 17.5 Å². The molecule has 0 spiro atoms. The SMILES string of the molecule is CC(C)NCc1cc(S(=O)(=O)N(C)Cc2cccs2)cs1. The first-order chi connectivity index (χ1) is 9.89. The Morgan fingerprint density at radius 2 is 2.05 bits per heavy atom. The minimum atomic E-state index is -3.41. The minimum absolute atomic E-state index is 0.382. The zero-order valence-corrected chi connectivity index (χ0v) is 14.8. The van der Waals surface area contributed by atoms with Gasteiger partial charge >= 0.3 is 0 Å². The van der Waals surface area contributed by atoms with Crippen LogP contribution in [-0.2, 0) is 23.1 Å². The first kappa shape index (κ1) is 16.6. The van der Waals surface area contributed by atoms with E-state index >= 15 is 0 Å². The Morgan fingerprint density at radius 3 is 2.67 bits per heavy atom. The fourth-order valence-electron chi connectivity index (χ4n) is 1.78. The molecule has 116 valence electrons. The second-order valence-corrected chi connectivity index (χ2v) is 9.20. The Labute approximate surface area is 134 Å². The molecule has 0 fully saturated rings. The number of sulfonamides is 1. The van der Waals surface area contributed by atoms with Gasteiger partial charge in [-0.1, -0.05) is 19.9 Å². The van der Waals surface area contributed by atoms with Crippen molar-refractivity contribution in [2.45, 2.75) is 37.9 Å². The number of hydrogen-bond donors (Lipinski definition) is 1. The van der Waals surface area contributed by atoms with Gasteiger partial charge in [-0.25, -0.2) is 8.42 Å². The molecule has 0 aliphatic carbocycles. The molecule has 0 saturated carbocycles. The van der Waals surface area contributed by atoms with E-state index in [1.807, 2.05) is 17.5 Å². The van der Waals surface area contributed by atoms with Crippen LogP contribution in [0, 0.1) is 0 Å². The summed E-state index contributed by atoms with van der Waals surface area (Å²) in [6.07, 6.45) is 0. The molecule has 4 nitrogen and oxygen atoms in total. The second kappa shape index (κ2) is 7.02. The Kier molecular flexibility index (Phi) is 5.56. The van der Waals surface area contributed by atoms with E-state index in [0.29, 0.717) is 24.0 Å². The quantitative estimate of drug-likeness (QED) is 0.839. The van der Waals surface area contributed by atoms with Crippen molar-refractivity contribution >= 4 is 32.7 Å². The highest BCUT2D eigenvalue weighted by molar-refractivity contribution is 7.89. The number of thiophene rings is 2. The van der Waals surface area contributed by atoms with Crippen molar-refractivity contribution in [1.82, 2.24) is 9.62 Å². The summed E-state index contributed by atoms with van der Waals surface area (Å²) in [6, 6.07) is 6.03. The highest BCUT2D eigenvalue weighted by Gasteiger charge is 2.22. The summed E-state index contributed by atoms with van der Waals surface area (Å²) in [7, 11) is -1.79. The van der Waals surface area contributed by atoms with Gasteiger partial charge in [0.05, 0.1) is 4.90 Å². The number of rotatable bonds is 7. The Bertz CT molecular complexity index is 660. The molecule has 0 atom stereocenters. The van der Waals surface area contributed by atoms with Crippen molar-refractivity contribution in [3.8, 4) is 0 Å². The highest BCUT2D eigenvalue weighted by atomic mass is 32.2. The number of nitrogens with zero attached hydrogens (tertiary/aromatic N) is 1. The van der Waals surface area contributed by atoms with Gasteiger partial charge in [-0.3, -0.25) is 0 Å². The molecule has 2 heterocycles. The standard InChI is InChI=1S/C14H20N2O2S3/c1-11(2)15-8-13-7-14(10-20-13)21(17,18)16(3)9-12-5-4-6-19-12/h4-7,10-11,15H,8-9H2,1-3H3. The zero-order chi connectivity index (χ0) is 15.5. The van der Waals surface area contributed by atoms with Crippen LogP contribution in [0.3, 0.4) is 0 Å². The fraction of sp³-hybridized carbons (Fsp3) is 0.429. The van der Waals surface area contributed by atoms with Gasteiger partial charge in [0.15, 0.2) is 0 Å². The lowest BCUT2D eigenvalue weighted by atomic mass is 10.4. The molecule has 0 bridgehead atoms. The average molecular weight is 345 g/mol. The van der Waals surface area contributed by atoms with E-state index in [1.54, 1.807) is 29.8 Å². The van der Waals surface area contributed by atoms with E-state index in [0.717, 1.165) is 9.75 Å². The van der Waals surface area contributed by atoms with Crippen LogP contribution in [0.2, 0.25) is 0 Å². The molecule has 0 aromatic carbocycles. The van der Waals surface area contributed by atoms with Crippen LogP contribution in [-0.4, -0.2) is 25.8 Å². The van der Waals surface area contributed by atoms with E-state index in [9.17, 15) is 8.42 Å². The van der Waals surface area contributed by atoms with E-state index in [1.165, 1.54) is 15.6 Å². The van der Waals surface area contributed by atoms with E-state index in [2.05, 4.69) is 19.2 Å². The fourth-order valence-corrected chi connectivity index (χ4v) is 4.98. The molecule has 0 aliphatic rings. The maximum absolute atomic E-state index is 12.5. The Hall–Kier alpha value is -0.730. The summed E-state index contributed by atoms with van der Waals surface area (Å²) in [5, 5.41) is 6.97. The van der Waals surface area contributed by atoms with Gasteiger partial charge in [0.2, 0.25) is 10.0 Å². The molecule has 0 saturated heterocycles. The maximum Gasteiger partial charge on any atom is 0.243 e. The molecule has 0 amide bonds. The lowest BCUT2D eigenvalue weighted by Gasteiger charge is -2.15. The predicted molar refractivity (Wildman–Crippen MR) is 89.3 cm³/mol. The molecule has 1 N–H and O–H groups in total. The maximum atomic E-state index is 12.5. The summed E-state index contributed by atoms with van der Waals surface area (Å²) in [5.41, 5.74) is 0. The van der Waals surface area contributed by atoms with Gasteiger partial charge in [0, 0.05) is 41.3 Å². The van der Waals surface area contributed by atoms with Crippen molar-refractivity contribution in [1.29, 1.82) is 0 Å². The summed E-state index contributed by atoms with van der Waals surface area (Å²) >= 11 is 3.04. The number of hydrogen-bond acceptors (Lipinski definition) is 5. The van der Waals surface area contributed by atoms with Crippen molar-refractivity contribution in [2.24, 2.45) is 0 Å². The molecule has 21 heavy (non-hydrogen) atoms. The molecule has 7 heteroatoms. The smallest absolute Gasteiger partial charge is 0.243 e. The van der Waals surface area contributed by atoms with Crippen molar-refractivity contribution in [2.75, 3.05) is 7.05 Å².